The molecule has 2 atom stereocenters. The van der Waals surface area contributed by atoms with Gasteiger partial charge in [0, 0.05) is 28.4 Å². The number of nitrogens with zero attached hydrogens (tertiary/aromatic N) is 4. The number of H-pyrrole nitrogens is 1. The number of aromatic nitrogens is 4. The molecule has 36 heavy (non-hydrogen) atoms. The fraction of sp³-hybridized carbons (Fsp3) is 0.179. The number of thioether (sulfide) groups is 1. The van der Waals surface area contributed by atoms with Crippen molar-refractivity contribution in [3.05, 3.63) is 108 Å². The quantitative estimate of drug-likeness (QED) is 0.203. The Bertz CT molecular complexity index is 1490. The van der Waals surface area contributed by atoms with Crippen LogP contribution in [-0.4, -0.2) is 44.5 Å². The van der Waals surface area contributed by atoms with E-state index < -0.39 is 5.25 Å². The largest absolute Gasteiger partial charge is 0.360 e. The Hall–Kier alpha value is -3.75. The van der Waals surface area contributed by atoms with E-state index in [2.05, 4.69) is 15.2 Å². The van der Waals surface area contributed by atoms with Crippen molar-refractivity contribution < 1.29 is 9.18 Å². The Morgan fingerprint density at radius 2 is 1.67 bits per heavy atom. The molecule has 5 rings (SSSR count). The maximum atomic E-state index is 14.0. The highest BCUT2D eigenvalue weighted by Crippen LogP contribution is 2.40. The zero-order valence-electron chi connectivity index (χ0n) is 20.2. The second kappa shape index (κ2) is 10.1. The second-order valence-corrected chi connectivity index (χ2v) is 9.89. The van der Waals surface area contributed by atoms with E-state index in [1.165, 1.54) is 23.9 Å². The Balaban J connectivity index is 1.62. The predicted molar refractivity (Wildman–Crippen MR) is 141 cm³/mol. The summed E-state index contributed by atoms with van der Waals surface area (Å²) in [6.45, 7) is 2.03. The standard InChI is InChI=1S/C28H26FN5OS/c1-18(33(2)3)27-31-32-28(34(27)21-15-13-20(29)14-16-21)36-26(19-9-5-4-6-10-19)25(35)23-17-30-24-12-8-7-11-22(23)24/h4-18,26,30H,1-3H3. The number of benzene rings is 3. The highest BCUT2D eigenvalue weighted by Gasteiger charge is 2.29. The van der Waals surface area contributed by atoms with Crippen molar-refractivity contribution in [2.45, 2.75) is 23.4 Å². The van der Waals surface area contributed by atoms with Crippen molar-refractivity contribution in [2.75, 3.05) is 14.1 Å². The van der Waals surface area contributed by atoms with Crippen molar-refractivity contribution in [3.8, 4) is 5.69 Å². The molecule has 0 aliphatic rings. The highest BCUT2D eigenvalue weighted by molar-refractivity contribution is 8.00. The topological polar surface area (TPSA) is 66.8 Å². The van der Waals surface area contributed by atoms with Crippen LogP contribution in [0.25, 0.3) is 16.6 Å². The molecule has 0 fully saturated rings. The molecule has 182 valence electrons. The van der Waals surface area contributed by atoms with Crippen molar-refractivity contribution in [1.29, 1.82) is 0 Å². The van der Waals surface area contributed by atoms with Crippen LogP contribution in [0, 0.1) is 5.82 Å². The van der Waals surface area contributed by atoms with E-state index in [0.717, 1.165) is 22.2 Å². The fourth-order valence-corrected chi connectivity index (χ4v) is 5.25. The lowest BCUT2D eigenvalue weighted by atomic mass is 10.0. The number of Topliss-reactive ketones (excluding diaryl/α,β-unsaturated/α-hetero) is 1. The third-order valence-electron chi connectivity index (χ3n) is 6.31. The first kappa shape index (κ1) is 24.0. The number of hydrogen-bond donors (Lipinski definition) is 1. The molecule has 0 spiro atoms. The van der Waals surface area contributed by atoms with Gasteiger partial charge in [-0.2, -0.15) is 0 Å². The molecule has 0 saturated carbocycles. The summed E-state index contributed by atoms with van der Waals surface area (Å²) in [7, 11) is 3.93. The molecule has 0 amide bonds. The van der Waals surface area contributed by atoms with Crippen LogP contribution in [0.15, 0.2) is 90.2 Å². The summed E-state index contributed by atoms with van der Waals surface area (Å²) in [4.78, 5) is 19.3. The minimum absolute atomic E-state index is 0.0282. The molecule has 0 saturated heterocycles. The molecule has 0 bridgehead atoms. The van der Waals surface area contributed by atoms with Gasteiger partial charge in [0.15, 0.2) is 16.8 Å². The van der Waals surface area contributed by atoms with Crippen LogP contribution in [-0.2, 0) is 0 Å². The maximum Gasteiger partial charge on any atom is 0.196 e. The Kier molecular flexibility index (Phi) is 6.71. The molecule has 2 unspecified atom stereocenters. The summed E-state index contributed by atoms with van der Waals surface area (Å²) >= 11 is 1.35. The van der Waals surface area contributed by atoms with E-state index in [0.29, 0.717) is 16.5 Å². The molecule has 1 N–H and O–H groups in total. The average Bonchev–Trinajstić information content (AvgIpc) is 3.52. The van der Waals surface area contributed by atoms with Crippen molar-refractivity contribution in [2.24, 2.45) is 0 Å². The van der Waals surface area contributed by atoms with Crippen LogP contribution >= 0.6 is 11.8 Å². The number of rotatable bonds is 8. The number of para-hydroxylation sites is 1. The third-order valence-corrected chi connectivity index (χ3v) is 7.51. The molecule has 2 aromatic heterocycles. The van der Waals surface area contributed by atoms with Crippen LogP contribution < -0.4 is 0 Å². The van der Waals surface area contributed by atoms with Gasteiger partial charge in [0.1, 0.15) is 11.1 Å². The van der Waals surface area contributed by atoms with Crippen molar-refractivity contribution in [1.82, 2.24) is 24.6 Å². The number of fused-ring (bicyclic) bond motifs is 1. The van der Waals surface area contributed by atoms with Gasteiger partial charge in [-0.05, 0) is 56.9 Å². The molecule has 0 radical (unpaired) electrons. The summed E-state index contributed by atoms with van der Waals surface area (Å²) in [5.41, 5.74) is 3.14. The number of carbonyl (C=O) groups excluding carboxylic acids is 1. The van der Waals surface area contributed by atoms with Gasteiger partial charge in [0.25, 0.3) is 0 Å². The van der Waals surface area contributed by atoms with E-state index in [1.807, 2.05) is 85.1 Å². The lowest BCUT2D eigenvalue weighted by Gasteiger charge is -2.21. The van der Waals surface area contributed by atoms with Crippen LogP contribution in [0.4, 0.5) is 4.39 Å². The first-order chi connectivity index (χ1) is 17.4. The summed E-state index contributed by atoms with van der Waals surface area (Å²) in [6.07, 6.45) is 1.77. The number of nitrogens with one attached hydrogen (secondary N) is 1. The minimum Gasteiger partial charge on any atom is -0.360 e. The lowest BCUT2D eigenvalue weighted by molar-refractivity contribution is 0.0991. The van der Waals surface area contributed by atoms with Gasteiger partial charge in [-0.15, -0.1) is 10.2 Å². The predicted octanol–water partition coefficient (Wildman–Crippen LogP) is 6.23. The smallest absolute Gasteiger partial charge is 0.196 e. The van der Waals surface area contributed by atoms with Crippen LogP contribution in [0.3, 0.4) is 0 Å². The van der Waals surface area contributed by atoms with Gasteiger partial charge in [0.05, 0.1) is 6.04 Å². The number of halogens is 1. The van der Waals surface area contributed by atoms with Crippen molar-refractivity contribution in [3.63, 3.8) is 0 Å². The molecule has 8 heteroatoms. The Morgan fingerprint density at radius 3 is 2.39 bits per heavy atom. The summed E-state index contributed by atoms with van der Waals surface area (Å²) in [5, 5.41) is 9.88. The Labute approximate surface area is 213 Å². The van der Waals surface area contributed by atoms with Gasteiger partial charge in [-0.1, -0.05) is 60.3 Å². The van der Waals surface area contributed by atoms with Crippen LogP contribution in [0.1, 0.15) is 40.0 Å². The molecular weight excluding hydrogens is 473 g/mol. The van der Waals surface area contributed by atoms with E-state index >= 15 is 0 Å². The normalized spacial score (nSPS) is 13.2. The van der Waals surface area contributed by atoms with Gasteiger partial charge < -0.3 is 4.98 Å². The van der Waals surface area contributed by atoms with E-state index in [9.17, 15) is 9.18 Å². The maximum absolute atomic E-state index is 14.0. The van der Waals surface area contributed by atoms with Gasteiger partial charge >= 0.3 is 0 Å². The zero-order valence-corrected chi connectivity index (χ0v) is 21.0. The van der Waals surface area contributed by atoms with E-state index in [4.69, 9.17) is 0 Å². The molecule has 3 aromatic carbocycles. The summed E-state index contributed by atoms with van der Waals surface area (Å²) in [6, 6.07) is 23.6. The molecular formula is C28H26FN5OS. The molecule has 5 aromatic rings. The van der Waals surface area contributed by atoms with Crippen LogP contribution in [0.5, 0.6) is 0 Å². The number of ketones is 1. The highest BCUT2D eigenvalue weighted by atomic mass is 32.2. The van der Waals surface area contributed by atoms with Gasteiger partial charge in [-0.3, -0.25) is 14.3 Å². The number of carbonyl (C=O) groups is 1. The van der Waals surface area contributed by atoms with Gasteiger partial charge in [0.2, 0.25) is 0 Å². The number of aromatic amines is 1. The zero-order chi connectivity index (χ0) is 25.2. The first-order valence-electron chi connectivity index (χ1n) is 11.6. The Morgan fingerprint density at radius 1 is 0.972 bits per heavy atom. The van der Waals surface area contributed by atoms with E-state index in [1.54, 1.807) is 18.3 Å². The SMILES string of the molecule is CC(c1nnc(SC(C(=O)c2c[nH]c3ccccc23)c2ccccc2)n1-c1ccc(F)cc1)N(C)C. The molecule has 0 aliphatic heterocycles. The van der Waals surface area contributed by atoms with E-state index in [-0.39, 0.29) is 17.6 Å². The minimum atomic E-state index is -0.559. The van der Waals surface area contributed by atoms with Crippen molar-refractivity contribution >= 4 is 28.4 Å². The molecule has 6 nitrogen and oxygen atoms in total. The first-order valence-corrected chi connectivity index (χ1v) is 12.5. The lowest BCUT2D eigenvalue weighted by Crippen LogP contribution is -2.21. The van der Waals surface area contributed by atoms with Crippen LogP contribution in [0.2, 0.25) is 0 Å². The molecule has 2 heterocycles. The monoisotopic (exact) mass is 499 g/mol. The number of hydrogen-bond acceptors (Lipinski definition) is 5. The average molecular weight is 500 g/mol. The van der Waals surface area contributed by atoms with Gasteiger partial charge in [-0.25, -0.2) is 4.39 Å². The summed E-state index contributed by atoms with van der Waals surface area (Å²) in [5.74, 6) is 0.361. The summed E-state index contributed by atoms with van der Waals surface area (Å²) < 4.78 is 15.6. The second-order valence-electron chi connectivity index (χ2n) is 8.81. The third kappa shape index (κ3) is 4.57. The fourth-order valence-electron chi connectivity index (χ4n) is 4.11. The molecule has 0 aliphatic carbocycles.